The van der Waals surface area contributed by atoms with E-state index in [0.717, 1.165) is 24.3 Å². The van der Waals surface area contributed by atoms with Crippen molar-refractivity contribution >= 4 is 23.0 Å². The molecule has 1 aliphatic rings. The highest BCUT2D eigenvalue weighted by molar-refractivity contribution is 6.31. The average molecular weight is 243 g/mol. The molecule has 0 aliphatic carbocycles. The lowest BCUT2D eigenvalue weighted by molar-refractivity contribution is 0.477. The van der Waals surface area contributed by atoms with Gasteiger partial charge in [0.05, 0.1) is 16.4 Å². The smallest absolute Gasteiger partial charge is 0.143 e. The van der Waals surface area contributed by atoms with Crippen LogP contribution in [0.2, 0.25) is 5.02 Å². The number of fused-ring (bicyclic) bond motifs is 1. The lowest BCUT2D eigenvalue weighted by Crippen LogP contribution is -2.37. The molecule has 2 atom stereocenters. The first-order valence-electron chi connectivity index (χ1n) is 5.61. The number of anilines is 2. The number of rotatable bonds is 2. The summed E-state index contributed by atoms with van der Waals surface area (Å²) < 4.78 is 13.3. The molecular formula is C12H16ClFN2. The first-order chi connectivity index (χ1) is 7.61. The Labute approximate surface area is 100 Å². The SMILES string of the molecule is CCC(C)C1CNc2cc(Cl)c(F)cc2N1. The van der Waals surface area contributed by atoms with E-state index < -0.39 is 0 Å². The largest absolute Gasteiger partial charge is 0.381 e. The fourth-order valence-corrected chi connectivity index (χ4v) is 2.07. The van der Waals surface area contributed by atoms with Gasteiger partial charge in [0.15, 0.2) is 0 Å². The summed E-state index contributed by atoms with van der Waals surface area (Å²) in [7, 11) is 0. The molecule has 0 spiro atoms. The van der Waals surface area contributed by atoms with Crippen molar-refractivity contribution in [2.75, 3.05) is 17.2 Å². The molecule has 1 aromatic carbocycles. The van der Waals surface area contributed by atoms with Crippen LogP contribution in [0.4, 0.5) is 15.8 Å². The molecule has 2 rings (SSSR count). The van der Waals surface area contributed by atoms with Crippen LogP contribution < -0.4 is 10.6 Å². The van der Waals surface area contributed by atoms with Crippen molar-refractivity contribution in [1.82, 2.24) is 0 Å². The number of hydrogen-bond donors (Lipinski definition) is 2. The summed E-state index contributed by atoms with van der Waals surface area (Å²) in [6.45, 7) is 5.20. The van der Waals surface area contributed by atoms with Gasteiger partial charge in [0.1, 0.15) is 5.82 Å². The van der Waals surface area contributed by atoms with Gasteiger partial charge in [-0.05, 0) is 12.0 Å². The van der Waals surface area contributed by atoms with Crippen LogP contribution in [0.1, 0.15) is 20.3 Å². The molecule has 0 amide bonds. The Bertz CT molecular complexity index is 395. The summed E-state index contributed by atoms with van der Waals surface area (Å²) in [5.74, 6) is 0.180. The van der Waals surface area contributed by atoms with Gasteiger partial charge in [-0.1, -0.05) is 31.9 Å². The van der Waals surface area contributed by atoms with E-state index in [1.54, 1.807) is 6.07 Å². The Morgan fingerprint density at radius 3 is 2.94 bits per heavy atom. The van der Waals surface area contributed by atoms with Gasteiger partial charge in [-0.15, -0.1) is 0 Å². The topological polar surface area (TPSA) is 24.1 Å². The highest BCUT2D eigenvalue weighted by Crippen LogP contribution is 2.32. The quantitative estimate of drug-likeness (QED) is 0.826. The van der Waals surface area contributed by atoms with Crippen molar-refractivity contribution in [3.8, 4) is 0 Å². The number of hydrogen-bond acceptors (Lipinski definition) is 2. The summed E-state index contributed by atoms with van der Waals surface area (Å²) in [5, 5.41) is 6.80. The lowest BCUT2D eigenvalue weighted by Gasteiger charge is -2.32. The predicted molar refractivity (Wildman–Crippen MR) is 66.8 cm³/mol. The first kappa shape index (κ1) is 11.5. The standard InChI is InChI=1S/C12H16ClFN2/c1-3-7(2)12-6-15-10-4-8(13)9(14)5-11(10)16-12/h4-5,7,12,15-16H,3,6H2,1-2H3. The second kappa shape index (κ2) is 4.50. The van der Waals surface area contributed by atoms with Gasteiger partial charge in [-0.3, -0.25) is 0 Å². The van der Waals surface area contributed by atoms with Gasteiger partial charge >= 0.3 is 0 Å². The average Bonchev–Trinajstić information content (AvgIpc) is 2.29. The third kappa shape index (κ3) is 2.09. The monoisotopic (exact) mass is 242 g/mol. The van der Waals surface area contributed by atoms with Crippen LogP contribution in [0, 0.1) is 11.7 Å². The zero-order valence-electron chi connectivity index (χ0n) is 9.48. The van der Waals surface area contributed by atoms with E-state index in [4.69, 9.17) is 11.6 Å². The molecular weight excluding hydrogens is 227 g/mol. The molecule has 0 aromatic heterocycles. The second-order valence-electron chi connectivity index (χ2n) is 4.33. The van der Waals surface area contributed by atoms with Crippen molar-refractivity contribution in [2.24, 2.45) is 5.92 Å². The zero-order valence-corrected chi connectivity index (χ0v) is 10.2. The molecule has 0 bridgehead atoms. The van der Waals surface area contributed by atoms with Crippen LogP contribution in [-0.4, -0.2) is 12.6 Å². The zero-order chi connectivity index (χ0) is 11.7. The van der Waals surface area contributed by atoms with E-state index in [0.29, 0.717) is 12.0 Å². The van der Waals surface area contributed by atoms with Gasteiger partial charge in [0.25, 0.3) is 0 Å². The van der Waals surface area contributed by atoms with Crippen molar-refractivity contribution < 1.29 is 4.39 Å². The van der Waals surface area contributed by atoms with Gasteiger partial charge < -0.3 is 10.6 Å². The molecule has 1 heterocycles. The molecule has 0 saturated carbocycles. The number of nitrogens with one attached hydrogen (secondary N) is 2. The van der Waals surface area contributed by atoms with E-state index >= 15 is 0 Å². The maximum atomic E-state index is 13.3. The molecule has 2 nitrogen and oxygen atoms in total. The summed E-state index contributed by atoms with van der Waals surface area (Å²) >= 11 is 5.73. The number of halogens is 2. The van der Waals surface area contributed by atoms with E-state index in [9.17, 15) is 4.39 Å². The summed E-state index contributed by atoms with van der Waals surface area (Å²) in [4.78, 5) is 0. The molecule has 2 unspecified atom stereocenters. The minimum absolute atomic E-state index is 0.162. The summed E-state index contributed by atoms with van der Waals surface area (Å²) in [6, 6.07) is 3.43. The van der Waals surface area contributed by atoms with Gasteiger partial charge in [-0.2, -0.15) is 0 Å². The molecule has 1 aromatic rings. The molecule has 16 heavy (non-hydrogen) atoms. The van der Waals surface area contributed by atoms with E-state index in [1.807, 2.05) is 0 Å². The molecule has 0 saturated heterocycles. The maximum absolute atomic E-state index is 13.3. The van der Waals surface area contributed by atoms with Crippen LogP contribution in [0.3, 0.4) is 0 Å². The van der Waals surface area contributed by atoms with Gasteiger partial charge in [0, 0.05) is 18.7 Å². The molecule has 4 heteroatoms. The Morgan fingerprint density at radius 2 is 2.25 bits per heavy atom. The molecule has 0 radical (unpaired) electrons. The first-order valence-corrected chi connectivity index (χ1v) is 5.99. The third-order valence-corrected chi connectivity index (χ3v) is 3.53. The van der Waals surface area contributed by atoms with E-state index in [-0.39, 0.29) is 10.8 Å². The summed E-state index contributed by atoms with van der Waals surface area (Å²) in [5.41, 5.74) is 1.68. The fourth-order valence-electron chi connectivity index (χ4n) is 1.91. The normalized spacial score (nSPS) is 20.6. The van der Waals surface area contributed by atoms with E-state index in [1.165, 1.54) is 6.07 Å². The van der Waals surface area contributed by atoms with Crippen molar-refractivity contribution in [2.45, 2.75) is 26.3 Å². The Kier molecular flexibility index (Phi) is 3.24. The van der Waals surface area contributed by atoms with Crippen molar-refractivity contribution in [3.05, 3.63) is 23.0 Å². The minimum atomic E-state index is -0.375. The fraction of sp³-hybridized carbons (Fsp3) is 0.500. The third-order valence-electron chi connectivity index (χ3n) is 3.24. The molecule has 1 aliphatic heterocycles. The highest BCUT2D eigenvalue weighted by atomic mass is 35.5. The predicted octanol–water partition coefficient (Wildman–Crippen LogP) is 3.73. The van der Waals surface area contributed by atoms with Crippen molar-refractivity contribution in [1.29, 1.82) is 0 Å². The van der Waals surface area contributed by atoms with Crippen LogP contribution in [0.5, 0.6) is 0 Å². The lowest BCUT2D eigenvalue weighted by atomic mass is 9.97. The summed E-state index contributed by atoms with van der Waals surface area (Å²) in [6.07, 6.45) is 1.10. The van der Waals surface area contributed by atoms with E-state index in [2.05, 4.69) is 24.5 Å². The molecule has 2 N–H and O–H groups in total. The second-order valence-corrected chi connectivity index (χ2v) is 4.74. The van der Waals surface area contributed by atoms with Crippen molar-refractivity contribution in [3.63, 3.8) is 0 Å². The van der Waals surface area contributed by atoms with Crippen LogP contribution in [-0.2, 0) is 0 Å². The minimum Gasteiger partial charge on any atom is -0.381 e. The maximum Gasteiger partial charge on any atom is 0.143 e. The molecule has 0 fully saturated rings. The Balaban J connectivity index is 2.23. The Hall–Kier alpha value is -0.960. The molecule has 88 valence electrons. The van der Waals surface area contributed by atoms with Crippen LogP contribution in [0.25, 0.3) is 0 Å². The van der Waals surface area contributed by atoms with Gasteiger partial charge in [-0.25, -0.2) is 4.39 Å². The Morgan fingerprint density at radius 1 is 1.50 bits per heavy atom. The van der Waals surface area contributed by atoms with Crippen LogP contribution in [0.15, 0.2) is 12.1 Å². The van der Waals surface area contributed by atoms with Crippen LogP contribution >= 0.6 is 11.6 Å². The number of benzene rings is 1. The van der Waals surface area contributed by atoms with Gasteiger partial charge in [0.2, 0.25) is 0 Å². The highest BCUT2D eigenvalue weighted by Gasteiger charge is 2.22.